The van der Waals surface area contributed by atoms with Gasteiger partial charge >= 0.3 is 0 Å². The standard InChI is InChI=1S/C28H46O2/c1-3-5-7-8-10-12-27-21-30-28(22-29-27)26-19-17-25(18-20-26)24-15-13-23(14-16-24)11-9-6-4-2/h17-20,23-24,27-28H,3-16,21-22H2,1-2H3/t23?,24?,27-,28-/m0/s1. The molecular weight excluding hydrogens is 368 g/mol. The first-order valence-electron chi connectivity index (χ1n) is 13.1. The maximum absolute atomic E-state index is 6.18. The van der Waals surface area contributed by atoms with Gasteiger partial charge in [-0.25, -0.2) is 0 Å². The van der Waals surface area contributed by atoms with Gasteiger partial charge in [-0.3, -0.25) is 0 Å². The summed E-state index contributed by atoms with van der Waals surface area (Å²) in [6.45, 7) is 6.04. The molecule has 30 heavy (non-hydrogen) atoms. The molecule has 2 fully saturated rings. The summed E-state index contributed by atoms with van der Waals surface area (Å²) in [5.41, 5.74) is 2.82. The zero-order valence-corrected chi connectivity index (χ0v) is 19.7. The van der Waals surface area contributed by atoms with Gasteiger partial charge in [-0.1, -0.05) is 95.9 Å². The minimum absolute atomic E-state index is 0.115. The molecule has 170 valence electrons. The molecule has 0 N–H and O–H groups in total. The molecule has 2 aliphatic rings. The number of benzene rings is 1. The molecule has 0 spiro atoms. The molecule has 0 amide bonds. The van der Waals surface area contributed by atoms with Crippen molar-refractivity contribution >= 4 is 0 Å². The van der Waals surface area contributed by atoms with Gasteiger partial charge in [0.15, 0.2) is 0 Å². The van der Waals surface area contributed by atoms with Crippen LogP contribution in [0.3, 0.4) is 0 Å². The van der Waals surface area contributed by atoms with Crippen LogP contribution in [0, 0.1) is 5.92 Å². The average Bonchev–Trinajstić information content (AvgIpc) is 2.80. The van der Waals surface area contributed by atoms with Crippen LogP contribution in [0.25, 0.3) is 0 Å². The van der Waals surface area contributed by atoms with Crippen molar-refractivity contribution in [3.8, 4) is 0 Å². The number of ether oxygens (including phenoxy) is 2. The van der Waals surface area contributed by atoms with E-state index in [2.05, 4.69) is 38.1 Å². The van der Waals surface area contributed by atoms with Crippen LogP contribution in [0.4, 0.5) is 0 Å². The molecule has 1 saturated carbocycles. The van der Waals surface area contributed by atoms with Crippen LogP contribution in [-0.4, -0.2) is 19.3 Å². The molecule has 0 bridgehead atoms. The second-order valence-electron chi connectivity index (χ2n) is 9.86. The lowest BCUT2D eigenvalue weighted by Crippen LogP contribution is -2.31. The number of unbranched alkanes of at least 4 members (excludes halogenated alkanes) is 6. The summed E-state index contributed by atoms with van der Waals surface area (Å²) in [5, 5.41) is 0. The summed E-state index contributed by atoms with van der Waals surface area (Å²) in [6, 6.07) is 9.31. The molecule has 2 heteroatoms. The third-order valence-electron chi connectivity index (χ3n) is 7.44. The molecule has 1 aromatic carbocycles. The van der Waals surface area contributed by atoms with E-state index in [1.54, 1.807) is 0 Å². The Kier molecular flexibility index (Phi) is 10.7. The lowest BCUT2D eigenvalue weighted by atomic mass is 9.77. The molecule has 2 atom stereocenters. The van der Waals surface area contributed by atoms with Gasteiger partial charge < -0.3 is 9.47 Å². The van der Waals surface area contributed by atoms with E-state index < -0.39 is 0 Å². The molecule has 0 unspecified atom stereocenters. The van der Waals surface area contributed by atoms with E-state index in [0.717, 1.165) is 24.9 Å². The fourth-order valence-corrected chi connectivity index (χ4v) is 5.33. The van der Waals surface area contributed by atoms with Crippen molar-refractivity contribution < 1.29 is 9.47 Å². The molecule has 1 aliphatic heterocycles. The van der Waals surface area contributed by atoms with Crippen molar-refractivity contribution in [1.82, 2.24) is 0 Å². The van der Waals surface area contributed by atoms with Crippen molar-refractivity contribution in [3.63, 3.8) is 0 Å². The van der Waals surface area contributed by atoms with E-state index in [0.29, 0.717) is 12.7 Å². The largest absolute Gasteiger partial charge is 0.373 e. The highest BCUT2D eigenvalue weighted by Crippen LogP contribution is 2.38. The first-order valence-corrected chi connectivity index (χ1v) is 13.1. The van der Waals surface area contributed by atoms with Crippen LogP contribution in [0.1, 0.15) is 127 Å². The van der Waals surface area contributed by atoms with E-state index in [9.17, 15) is 0 Å². The van der Waals surface area contributed by atoms with Gasteiger partial charge in [0.25, 0.3) is 0 Å². The third-order valence-corrected chi connectivity index (χ3v) is 7.44. The molecule has 0 aromatic heterocycles. The lowest BCUT2D eigenvalue weighted by molar-refractivity contribution is -0.137. The monoisotopic (exact) mass is 414 g/mol. The maximum atomic E-state index is 6.18. The number of hydrogen-bond acceptors (Lipinski definition) is 2. The highest BCUT2D eigenvalue weighted by molar-refractivity contribution is 5.27. The Labute approximate surface area is 186 Å². The number of hydrogen-bond donors (Lipinski definition) is 0. The van der Waals surface area contributed by atoms with Gasteiger partial charge in [-0.05, 0) is 55.1 Å². The summed E-state index contributed by atoms with van der Waals surface area (Å²) >= 11 is 0. The first kappa shape index (κ1) is 23.8. The topological polar surface area (TPSA) is 18.5 Å². The van der Waals surface area contributed by atoms with Gasteiger partial charge in [-0.2, -0.15) is 0 Å². The third kappa shape index (κ3) is 7.68. The van der Waals surface area contributed by atoms with E-state index in [1.807, 2.05) is 0 Å². The molecule has 1 heterocycles. The predicted octanol–water partition coefficient (Wildman–Crippen LogP) is 8.36. The highest BCUT2D eigenvalue weighted by atomic mass is 16.6. The van der Waals surface area contributed by atoms with E-state index in [-0.39, 0.29) is 6.10 Å². The second kappa shape index (κ2) is 13.5. The molecule has 1 aromatic rings. The summed E-state index contributed by atoms with van der Waals surface area (Å²) in [4.78, 5) is 0. The fourth-order valence-electron chi connectivity index (χ4n) is 5.33. The second-order valence-corrected chi connectivity index (χ2v) is 9.86. The van der Waals surface area contributed by atoms with Gasteiger partial charge in [0.1, 0.15) is 6.10 Å². The molecule has 3 rings (SSSR count). The minimum atomic E-state index is 0.115. The summed E-state index contributed by atoms with van der Waals surface area (Å²) in [6.07, 6.45) is 19.4. The molecule has 1 saturated heterocycles. The van der Waals surface area contributed by atoms with Gasteiger partial charge in [0.05, 0.1) is 19.3 Å². The van der Waals surface area contributed by atoms with Crippen LogP contribution >= 0.6 is 0 Å². The van der Waals surface area contributed by atoms with Gasteiger partial charge in [0, 0.05) is 0 Å². The Morgan fingerprint density at radius 3 is 1.97 bits per heavy atom. The van der Waals surface area contributed by atoms with Crippen molar-refractivity contribution in [3.05, 3.63) is 35.4 Å². The van der Waals surface area contributed by atoms with Crippen molar-refractivity contribution in [2.24, 2.45) is 5.92 Å². The van der Waals surface area contributed by atoms with Crippen LogP contribution in [0.5, 0.6) is 0 Å². The Morgan fingerprint density at radius 1 is 0.667 bits per heavy atom. The van der Waals surface area contributed by atoms with E-state index in [1.165, 1.54) is 94.6 Å². The highest BCUT2D eigenvalue weighted by Gasteiger charge is 2.25. The average molecular weight is 415 g/mol. The summed E-state index contributed by atoms with van der Waals surface area (Å²) in [5.74, 6) is 1.75. The normalized spacial score (nSPS) is 27.3. The minimum Gasteiger partial charge on any atom is -0.373 e. The Bertz CT molecular complexity index is 551. The first-order chi connectivity index (χ1) is 14.8. The maximum Gasteiger partial charge on any atom is 0.106 e. The predicted molar refractivity (Wildman–Crippen MR) is 127 cm³/mol. The van der Waals surface area contributed by atoms with Crippen LogP contribution in [0.15, 0.2) is 24.3 Å². The molecular formula is C28H46O2. The molecule has 0 radical (unpaired) electrons. The van der Waals surface area contributed by atoms with Crippen molar-refractivity contribution in [2.75, 3.05) is 13.2 Å². The number of rotatable bonds is 12. The smallest absolute Gasteiger partial charge is 0.106 e. The molecule has 1 aliphatic carbocycles. The van der Waals surface area contributed by atoms with E-state index in [4.69, 9.17) is 9.47 Å². The molecule has 2 nitrogen and oxygen atoms in total. The SMILES string of the molecule is CCCCCCC[C@H]1CO[C@H](c2ccc(C3CCC(CCCCC)CC3)cc2)CO1. The summed E-state index contributed by atoms with van der Waals surface area (Å²) in [7, 11) is 0. The van der Waals surface area contributed by atoms with Crippen molar-refractivity contribution in [1.29, 1.82) is 0 Å². The van der Waals surface area contributed by atoms with Crippen LogP contribution in [-0.2, 0) is 9.47 Å². The van der Waals surface area contributed by atoms with E-state index >= 15 is 0 Å². The summed E-state index contributed by atoms with van der Waals surface area (Å²) < 4.78 is 12.3. The van der Waals surface area contributed by atoms with Gasteiger partial charge in [-0.15, -0.1) is 0 Å². The zero-order valence-electron chi connectivity index (χ0n) is 19.7. The lowest BCUT2D eigenvalue weighted by Gasteiger charge is -2.31. The van der Waals surface area contributed by atoms with Crippen LogP contribution in [0.2, 0.25) is 0 Å². The van der Waals surface area contributed by atoms with Crippen LogP contribution < -0.4 is 0 Å². The zero-order chi connectivity index (χ0) is 21.0. The Morgan fingerprint density at radius 2 is 1.30 bits per heavy atom. The van der Waals surface area contributed by atoms with Gasteiger partial charge in [0.2, 0.25) is 0 Å². The quantitative estimate of drug-likeness (QED) is 0.320. The Hall–Kier alpha value is -0.860. The fraction of sp³-hybridized carbons (Fsp3) is 0.786. The Balaban J connectivity index is 1.36. The van der Waals surface area contributed by atoms with Crippen molar-refractivity contribution in [2.45, 2.75) is 122 Å².